The normalized spacial score (nSPS) is 32.0. The Bertz CT molecular complexity index is 376. The first kappa shape index (κ1) is 11.1. The molecule has 2 aliphatic carbocycles. The van der Waals surface area contributed by atoms with Crippen LogP contribution in [0.5, 0.6) is 5.75 Å². The number of hydrogen-bond donors (Lipinski definition) is 1. The monoisotopic (exact) mass is 231 g/mol. The lowest BCUT2D eigenvalue weighted by Gasteiger charge is -2.25. The fourth-order valence-corrected chi connectivity index (χ4v) is 3.52. The van der Waals surface area contributed by atoms with Gasteiger partial charge in [0.05, 0.1) is 7.11 Å². The maximum Gasteiger partial charge on any atom is 0.118 e. The number of hydrogen-bond acceptors (Lipinski definition) is 2. The molecule has 1 aromatic carbocycles. The van der Waals surface area contributed by atoms with Gasteiger partial charge in [0.25, 0.3) is 0 Å². The summed E-state index contributed by atoms with van der Waals surface area (Å²) in [6, 6.07) is 9.05. The summed E-state index contributed by atoms with van der Waals surface area (Å²) in [5.74, 6) is 3.87. The minimum atomic E-state index is 0.522. The van der Waals surface area contributed by atoms with E-state index in [0.29, 0.717) is 6.04 Å². The molecule has 0 bridgehead atoms. The van der Waals surface area contributed by atoms with Crippen molar-refractivity contribution in [3.8, 4) is 5.75 Å². The van der Waals surface area contributed by atoms with E-state index in [1.165, 1.54) is 24.8 Å². The number of benzene rings is 1. The molecule has 2 aliphatic rings. The molecule has 2 saturated carbocycles. The van der Waals surface area contributed by atoms with Crippen molar-refractivity contribution < 1.29 is 4.74 Å². The van der Waals surface area contributed by atoms with Crippen LogP contribution < -0.4 is 10.1 Å². The third kappa shape index (κ3) is 2.06. The van der Waals surface area contributed by atoms with Gasteiger partial charge in [-0.25, -0.2) is 0 Å². The molecular weight excluding hydrogens is 210 g/mol. The highest BCUT2D eigenvalue weighted by Gasteiger charge is 2.47. The molecule has 0 aliphatic heterocycles. The van der Waals surface area contributed by atoms with E-state index in [1.807, 2.05) is 0 Å². The zero-order chi connectivity index (χ0) is 11.8. The van der Waals surface area contributed by atoms with Crippen LogP contribution in [0.25, 0.3) is 0 Å². The first-order valence-electron chi connectivity index (χ1n) is 6.63. The smallest absolute Gasteiger partial charge is 0.118 e. The molecule has 0 amide bonds. The van der Waals surface area contributed by atoms with E-state index in [2.05, 4.69) is 36.6 Å². The van der Waals surface area contributed by atoms with Gasteiger partial charge >= 0.3 is 0 Å². The van der Waals surface area contributed by atoms with Crippen LogP contribution in [0.15, 0.2) is 24.3 Å². The van der Waals surface area contributed by atoms with Crippen LogP contribution in [0.1, 0.15) is 30.9 Å². The van der Waals surface area contributed by atoms with Gasteiger partial charge in [-0.2, -0.15) is 0 Å². The van der Waals surface area contributed by atoms with Crippen molar-refractivity contribution in [2.75, 3.05) is 14.2 Å². The first-order chi connectivity index (χ1) is 8.31. The summed E-state index contributed by atoms with van der Waals surface area (Å²) >= 11 is 0. The van der Waals surface area contributed by atoms with Crippen molar-refractivity contribution >= 4 is 0 Å². The average Bonchev–Trinajstić information content (AvgIpc) is 2.98. The van der Waals surface area contributed by atoms with E-state index >= 15 is 0 Å². The third-order valence-corrected chi connectivity index (χ3v) is 4.54. The van der Waals surface area contributed by atoms with Gasteiger partial charge in [0.15, 0.2) is 0 Å². The van der Waals surface area contributed by atoms with E-state index in [0.717, 1.165) is 23.5 Å². The van der Waals surface area contributed by atoms with Gasteiger partial charge in [-0.05, 0) is 61.8 Å². The molecule has 17 heavy (non-hydrogen) atoms. The van der Waals surface area contributed by atoms with Crippen molar-refractivity contribution in [1.29, 1.82) is 0 Å². The summed E-state index contributed by atoms with van der Waals surface area (Å²) < 4.78 is 5.21. The molecule has 3 unspecified atom stereocenters. The van der Waals surface area contributed by atoms with Gasteiger partial charge in [-0.3, -0.25) is 0 Å². The lowest BCUT2D eigenvalue weighted by Crippen LogP contribution is -2.24. The Morgan fingerprint density at radius 1 is 1.12 bits per heavy atom. The second kappa shape index (κ2) is 4.34. The van der Waals surface area contributed by atoms with Gasteiger partial charge in [0.1, 0.15) is 5.75 Å². The maximum absolute atomic E-state index is 5.21. The SMILES string of the molecule is CNC(c1ccc(OC)cc1)C1CC2CC2C1. The molecule has 0 radical (unpaired) electrons. The molecule has 92 valence electrons. The summed E-state index contributed by atoms with van der Waals surface area (Å²) in [5.41, 5.74) is 1.40. The molecule has 2 nitrogen and oxygen atoms in total. The van der Waals surface area contributed by atoms with Gasteiger partial charge < -0.3 is 10.1 Å². The van der Waals surface area contributed by atoms with E-state index in [-0.39, 0.29) is 0 Å². The van der Waals surface area contributed by atoms with Crippen molar-refractivity contribution in [1.82, 2.24) is 5.32 Å². The van der Waals surface area contributed by atoms with E-state index < -0.39 is 0 Å². The average molecular weight is 231 g/mol. The highest BCUT2D eigenvalue weighted by Crippen LogP contribution is 2.57. The predicted molar refractivity (Wildman–Crippen MR) is 69.1 cm³/mol. The zero-order valence-electron chi connectivity index (χ0n) is 10.6. The Balaban J connectivity index is 1.74. The predicted octanol–water partition coefficient (Wildman–Crippen LogP) is 3.00. The van der Waals surface area contributed by atoms with Crippen LogP contribution in [0.4, 0.5) is 0 Å². The van der Waals surface area contributed by atoms with Crippen LogP contribution in [0.3, 0.4) is 0 Å². The third-order valence-electron chi connectivity index (χ3n) is 4.54. The minimum Gasteiger partial charge on any atom is -0.497 e. The van der Waals surface area contributed by atoms with Gasteiger partial charge in [0, 0.05) is 6.04 Å². The number of rotatable bonds is 4. The van der Waals surface area contributed by atoms with Gasteiger partial charge in [0.2, 0.25) is 0 Å². The molecule has 0 heterocycles. The summed E-state index contributed by atoms with van der Waals surface area (Å²) in [4.78, 5) is 0. The molecule has 1 aromatic rings. The number of nitrogens with one attached hydrogen (secondary N) is 1. The molecule has 2 fully saturated rings. The molecule has 1 N–H and O–H groups in total. The summed E-state index contributed by atoms with van der Waals surface area (Å²) in [7, 11) is 3.80. The molecule has 0 spiro atoms. The lowest BCUT2D eigenvalue weighted by atomic mass is 9.89. The Hall–Kier alpha value is -1.02. The zero-order valence-corrected chi connectivity index (χ0v) is 10.6. The molecule has 0 aromatic heterocycles. The highest BCUT2D eigenvalue weighted by molar-refractivity contribution is 5.29. The maximum atomic E-state index is 5.21. The summed E-state index contributed by atoms with van der Waals surface area (Å²) in [6.07, 6.45) is 4.33. The van der Waals surface area contributed by atoms with Crippen LogP contribution in [-0.2, 0) is 0 Å². The topological polar surface area (TPSA) is 21.3 Å². The van der Waals surface area contributed by atoms with Crippen LogP contribution >= 0.6 is 0 Å². The Morgan fingerprint density at radius 2 is 1.76 bits per heavy atom. The molecular formula is C15H21NO. The number of ether oxygens (including phenoxy) is 1. The van der Waals surface area contributed by atoms with Crippen molar-refractivity contribution in [2.24, 2.45) is 17.8 Å². The van der Waals surface area contributed by atoms with Crippen molar-refractivity contribution in [2.45, 2.75) is 25.3 Å². The van der Waals surface area contributed by atoms with Crippen molar-refractivity contribution in [3.63, 3.8) is 0 Å². The fourth-order valence-electron chi connectivity index (χ4n) is 3.52. The van der Waals surface area contributed by atoms with Crippen LogP contribution in [0.2, 0.25) is 0 Å². The number of methoxy groups -OCH3 is 1. The fraction of sp³-hybridized carbons (Fsp3) is 0.600. The quantitative estimate of drug-likeness (QED) is 0.860. The Morgan fingerprint density at radius 3 is 2.29 bits per heavy atom. The molecule has 3 rings (SSSR count). The van der Waals surface area contributed by atoms with E-state index in [1.54, 1.807) is 7.11 Å². The van der Waals surface area contributed by atoms with E-state index in [9.17, 15) is 0 Å². The van der Waals surface area contributed by atoms with Gasteiger partial charge in [-0.15, -0.1) is 0 Å². The summed E-state index contributed by atoms with van der Waals surface area (Å²) in [6.45, 7) is 0. The van der Waals surface area contributed by atoms with Crippen LogP contribution in [0, 0.1) is 17.8 Å². The molecule has 0 saturated heterocycles. The summed E-state index contributed by atoms with van der Waals surface area (Å²) in [5, 5.41) is 3.50. The Labute approximate surface area is 103 Å². The minimum absolute atomic E-state index is 0.522. The lowest BCUT2D eigenvalue weighted by molar-refractivity contribution is 0.359. The van der Waals surface area contributed by atoms with Crippen LogP contribution in [-0.4, -0.2) is 14.2 Å². The largest absolute Gasteiger partial charge is 0.497 e. The Kier molecular flexibility index (Phi) is 2.83. The second-order valence-corrected chi connectivity index (χ2v) is 5.53. The standard InChI is InChI=1S/C15H21NO/c1-16-15(13-8-11-7-12(11)9-13)10-3-5-14(17-2)6-4-10/h3-6,11-13,15-16H,7-9H2,1-2H3. The first-order valence-corrected chi connectivity index (χ1v) is 6.63. The molecule has 3 atom stereocenters. The van der Waals surface area contributed by atoms with Gasteiger partial charge in [-0.1, -0.05) is 12.1 Å². The number of fused-ring (bicyclic) bond motifs is 1. The molecule has 2 heteroatoms. The van der Waals surface area contributed by atoms with Crippen molar-refractivity contribution in [3.05, 3.63) is 29.8 Å². The second-order valence-electron chi connectivity index (χ2n) is 5.53. The van der Waals surface area contributed by atoms with E-state index in [4.69, 9.17) is 4.74 Å². The highest BCUT2D eigenvalue weighted by atomic mass is 16.5.